The van der Waals surface area contributed by atoms with Crippen molar-refractivity contribution in [2.45, 2.75) is 20.3 Å². The number of para-hydroxylation sites is 1. The molecular weight excluding hydrogens is 246 g/mol. The van der Waals surface area contributed by atoms with E-state index in [4.69, 9.17) is 0 Å². The third-order valence-corrected chi connectivity index (χ3v) is 2.81. The Labute approximate surface area is 110 Å². The summed E-state index contributed by atoms with van der Waals surface area (Å²) in [6.45, 7) is 3.47. The zero-order valence-electron chi connectivity index (χ0n) is 10.7. The van der Waals surface area contributed by atoms with E-state index >= 15 is 0 Å². The van der Waals surface area contributed by atoms with Crippen molar-refractivity contribution < 1.29 is 9.65 Å². The Morgan fingerprint density at radius 1 is 1.32 bits per heavy atom. The Morgan fingerprint density at radius 3 is 2.68 bits per heavy atom. The van der Waals surface area contributed by atoms with Gasteiger partial charge in [-0.3, -0.25) is 10.1 Å². The number of aryl methyl sites for hydroxylation is 2. The van der Waals surface area contributed by atoms with Crippen LogP contribution in [0.25, 0.3) is 0 Å². The Hall–Kier alpha value is -2.50. The van der Waals surface area contributed by atoms with E-state index in [-0.39, 0.29) is 17.9 Å². The average molecular weight is 259 g/mol. The van der Waals surface area contributed by atoms with Crippen LogP contribution in [0.2, 0.25) is 0 Å². The molecule has 1 aromatic carbocycles. The van der Waals surface area contributed by atoms with Gasteiger partial charge in [0.15, 0.2) is 5.69 Å². The third kappa shape index (κ3) is 2.67. The largest absolute Gasteiger partial charge is 0.711 e. The summed E-state index contributed by atoms with van der Waals surface area (Å²) in [5.74, 6) is 0.270. The summed E-state index contributed by atoms with van der Waals surface area (Å²) in [6.07, 6.45) is 0.142. The Balaban J connectivity index is 2.45. The summed E-state index contributed by atoms with van der Waals surface area (Å²) in [7, 11) is 0. The van der Waals surface area contributed by atoms with E-state index < -0.39 is 4.92 Å². The topological polar surface area (TPSA) is 83.0 Å². The molecule has 19 heavy (non-hydrogen) atoms. The molecule has 0 saturated carbocycles. The average Bonchev–Trinajstić information content (AvgIpc) is 2.35. The highest BCUT2D eigenvalue weighted by molar-refractivity contribution is 5.41. The van der Waals surface area contributed by atoms with Crippen molar-refractivity contribution in [2.24, 2.45) is 0 Å². The maximum absolute atomic E-state index is 11.9. The molecule has 2 rings (SSSR count). The number of aromatic nitrogens is 2. The molecule has 0 bridgehead atoms. The molecule has 1 heterocycles. The fraction of sp³-hybridized carbons (Fsp3) is 0.231. The van der Waals surface area contributed by atoms with Gasteiger partial charge in [0.1, 0.15) is 5.69 Å². The first kappa shape index (κ1) is 12.9. The van der Waals surface area contributed by atoms with Crippen LogP contribution in [0.1, 0.15) is 22.8 Å². The summed E-state index contributed by atoms with van der Waals surface area (Å²) >= 11 is 0. The van der Waals surface area contributed by atoms with Crippen molar-refractivity contribution in [3.8, 4) is 0 Å². The first-order chi connectivity index (χ1) is 8.99. The molecule has 0 spiro atoms. The lowest BCUT2D eigenvalue weighted by molar-refractivity contribution is -0.624. The number of rotatable bonds is 3. The quantitative estimate of drug-likeness (QED) is 0.364. The zero-order valence-corrected chi connectivity index (χ0v) is 10.7. The Bertz CT molecular complexity index is 641. The van der Waals surface area contributed by atoms with Crippen LogP contribution < -0.4 is 4.73 Å². The van der Waals surface area contributed by atoms with Crippen LogP contribution in [0.5, 0.6) is 0 Å². The van der Waals surface area contributed by atoms with Crippen molar-refractivity contribution in [3.63, 3.8) is 0 Å². The van der Waals surface area contributed by atoms with Crippen LogP contribution in [-0.2, 0) is 6.42 Å². The molecule has 0 atom stereocenters. The van der Waals surface area contributed by atoms with Crippen LogP contribution in [0.3, 0.4) is 0 Å². The molecule has 0 fully saturated rings. The minimum absolute atomic E-state index is 0.00320. The molecule has 0 aliphatic heterocycles. The molecule has 2 aromatic rings. The van der Waals surface area contributed by atoms with Crippen LogP contribution in [0.15, 0.2) is 30.3 Å². The molecule has 6 heteroatoms. The molecule has 6 nitrogen and oxygen atoms in total. The second kappa shape index (κ2) is 5.01. The second-order valence-electron chi connectivity index (χ2n) is 4.31. The molecule has 0 aliphatic carbocycles. The highest BCUT2D eigenvalue weighted by atomic mass is 16.6. The lowest BCUT2D eigenvalue weighted by Crippen LogP contribution is -2.37. The van der Waals surface area contributed by atoms with Gasteiger partial charge in [0.05, 0.1) is 11.3 Å². The second-order valence-corrected chi connectivity index (χ2v) is 4.31. The van der Waals surface area contributed by atoms with Gasteiger partial charge < -0.3 is 5.21 Å². The summed E-state index contributed by atoms with van der Waals surface area (Å²) in [6, 6.07) is 8.04. The van der Waals surface area contributed by atoms with Crippen molar-refractivity contribution >= 4 is 5.69 Å². The lowest BCUT2D eigenvalue weighted by atomic mass is 10.1. The summed E-state index contributed by atoms with van der Waals surface area (Å²) in [5.41, 5.74) is 1.73. The van der Waals surface area contributed by atoms with Crippen molar-refractivity contribution in [3.05, 3.63) is 68.4 Å². The van der Waals surface area contributed by atoms with Gasteiger partial charge in [0, 0.05) is 24.6 Å². The normalized spacial score (nSPS) is 10.4. The SMILES string of the molecule is Cc1cc(C)[n+]([O-])c(Cc2ccccc2[N+](=O)[O-])n1. The van der Waals surface area contributed by atoms with E-state index in [0.717, 1.165) is 5.69 Å². The van der Waals surface area contributed by atoms with Gasteiger partial charge in [-0.05, 0) is 6.92 Å². The number of nitro benzene ring substituents is 1. The van der Waals surface area contributed by atoms with Crippen molar-refractivity contribution in [1.29, 1.82) is 0 Å². The maximum atomic E-state index is 11.9. The van der Waals surface area contributed by atoms with E-state index in [9.17, 15) is 15.3 Å². The van der Waals surface area contributed by atoms with Crippen molar-refractivity contribution in [1.82, 2.24) is 4.98 Å². The third-order valence-electron chi connectivity index (χ3n) is 2.81. The van der Waals surface area contributed by atoms with Gasteiger partial charge in [-0.1, -0.05) is 23.2 Å². The molecule has 0 unspecified atom stereocenters. The van der Waals surface area contributed by atoms with E-state index in [1.54, 1.807) is 38.1 Å². The van der Waals surface area contributed by atoms with Gasteiger partial charge in [0.25, 0.3) is 5.69 Å². The fourth-order valence-electron chi connectivity index (χ4n) is 1.97. The van der Waals surface area contributed by atoms with E-state index in [1.165, 1.54) is 6.07 Å². The molecule has 0 N–H and O–H groups in total. The van der Waals surface area contributed by atoms with Crippen LogP contribution in [0.4, 0.5) is 5.69 Å². The number of hydrogen-bond donors (Lipinski definition) is 0. The van der Waals surface area contributed by atoms with E-state index in [0.29, 0.717) is 16.0 Å². The maximum Gasteiger partial charge on any atom is 0.306 e. The van der Waals surface area contributed by atoms with Crippen LogP contribution in [0, 0.1) is 29.2 Å². The number of nitro groups is 1. The lowest BCUT2D eigenvalue weighted by Gasteiger charge is -2.09. The van der Waals surface area contributed by atoms with Crippen LogP contribution >= 0.6 is 0 Å². The molecule has 98 valence electrons. The predicted molar refractivity (Wildman–Crippen MR) is 68.6 cm³/mol. The minimum atomic E-state index is -0.451. The summed E-state index contributed by atoms with van der Waals surface area (Å²) < 4.78 is 0.712. The van der Waals surface area contributed by atoms with Crippen molar-refractivity contribution in [2.75, 3.05) is 0 Å². The molecule has 0 radical (unpaired) electrons. The number of benzene rings is 1. The van der Waals surface area contributed by atoms with Gasteiger partial charge in [0.2, 0.25) is 0 Å². The molecule has 0 saturated heterocycles. The Kier molecular flexibility index (Phi) is 3.41. The minimum Gasteiger partial charge on any atom is -0.711 e. The van der Waals surface area contributed by atoms with Crippen LogP contribution in [-0.4, -0.2) is 9.91 Å². The highest BCUT2D eigenvalue weighted by Gasteiger charge is 2.19. The smallest absolute Gasteiger partial charge is 0.306 e. The molecule has 0 amide bonds. The van der Waals surface area contributed by atoms with E-state index in [2.05, 4.69) is 4.98 Å². The van der Waals surface area contributed by atoms with Gasteiger partial charge in [-0.2, -0.15) is 0 Å². The standard InChI is InChI=1S/C13H13N3O3/c1-9-7-10(2)15(17)13(14-9)8-11-5-3-4-6-12(11)16(18)19/h3-7H,8H2,1-2H3. The molecule has 1 aromatic heterocycles. The summed E-state index contributed by atoms with van der Waals surface area (Å²) in [5, 5.41) is 22.8. The monoisotopic (exact) mass is 259 g/mol. The molecular formula is C13H13N3O3. The number of nitrogens with zero attached hydrogens (tertiary/aromatic N) is 3. The van der Waals surface area contributed by atoms with Gasteiger partial charge in [-0.15, -0.1) is 0 Å². The Morgan fingerprint density at radius 2 is 2.00 bits per heavy atom. The predicted octanol–water partition coefficient (Wildman–Crippen LogP) is 1.83. The van der Waals surface area contributed by atoms with Gasteiger partial charge in [-0.25, -0.2) is 4.73 Å². The summed E-state index contributed by atoms with van der Waals surface area (Å²) in [4.78, 5) is 14.6. The molecule has 0 aliphatic rings. The van der Waals surface area contributed by atoms with Gasteiger partial charge >= 0.3 is 5.82 Å². The first-order valence-corrected chi connectivity index (χ1v) is 5.78. The first-order valence-electron chi connectivity index (χ1n) is 5.78. The fourth-order valence-corrected chi connectivity index (χ4v) is 1.97. The zero-order chi connectivity index (χ0) is 14.0. The number of hydrogen-bond acceptors (Lipinski definition) is 4. The van der Waals surface area contributed by atoms with E-state index in [1.807, 2.05) is 0 Å². The highest BCUT2D eigenvalue weighted by Crippen LogP contribution is 2.19.